The van der Waals surface area contributed by atoms with E-state index in [4.69, 9.17) is 20.4 Å². The number of hydrogen-bond donors (Lipinski definition) is 2. The van der Waals surface area contributed by atoms with E-state index in [9.17, 15) is 9.59 Å². The van der Waals surface area contributed by atoms with Gasteiger partial charge in [-0.2, -0.15) is 0 Å². The van der Waals surface area contributed by atoms with Crippen LogP contribution in [0.2, 0.25) is 5.22 Å². The van der Waals surface area contributed by atoms with Crippen molar-refractivity contribution in [2.75, 3.05) is 0 Å². The fraction of sp³-hybridized carbons (Fsp3) is 0.235. The molecule has 3 aromatic rings. The highest BCUT2D eigenvalue weighted by Crippen LogP contribution is 2.25. The SMILES string of the molecule is CC(C)(C)c1ocnc1C=c1[nH]c(=O)c(=Cc2ccc(Cl)o2)[nH]c1=O. The summed E-state index contributed by atoms with van der Waals surface area (Å²) in [5.41, 5.74) is -0.740. The molecule has 2 N–H and O–H groups in total. The van der Waals surface area contributed by atoms with Gasteiger partial charge in [-0.05, 0) is 29.8 Å². The maximum atomic E-state index is 12.3. The highest BCUT2D eigenvalue weighted by Gasteiger charge is 2.21. The Labute approximate surface area is 146 Å². The average Bonchev–Trinajstić information content (AvgIpc) is 3.13. The molecule has 0 radical (unpaired) electrons. The number of hydrogen-bond acceptors (Lipinski definition) is 5. The second kappa shape index (κ2) is 6.25. The number of halogens is 1. The van der Waals surface area contributed by atoms with E-state index in [-0.39, 0.29) is 21.3 Å². The van der Waals surface area contributed by atoms with Crippen molar-refractivity contribution in [2.24, 2.45) is 0 Å². The summed E-state index contributed by atoms with van der Waals surface area (Å²) >= 11 is 5.69. The minimum absolute atomic E-state index is 0.0596. The topological polar surface area (TPSA) is 105 Å². The van der Waals surface area contributed by atoms with Crippen molar-refractivity contribution in [3.8, 4) is 0 Å². The van der Waals surface area contributed by atoms with E-state index in [1.807, 2.05) is 20.8 Å². The summed E-state index contributed by atoms with van der Waals surface area (Å²) in [6.07, 6.45) is 4.19. The molecule has 0 fully saturated rings. The van der Waals surface area contributed by atoms with Gasteiger partial charge in [-0.25, -0.2) is 4.98 Å². The number of oxazole rings is 1. The normalized spacial score (nSPS) is 13.6. The zero-order chi connectivity index (χ0) is 18.2. The highest BCUT2D eigenvalue weighted by molar-refractivity contribution is 6.28. The van der Waals surface area contributed by atoms with E-state index in [0.29, 0.717) is 17.2 Å². The number of aromatic nitrogens is 3. The second-order valence-corrected chi connectivity index (χ2v) is 6.86. The van der Waals surface area contributed by atoms with Crippen LogP contribution in [0.1, 0.15) is 38.0 Å². The molecular weight excluding hydrogens is 346 g/mol. The first-order chi connectivity index (χ1) is 11.7. The van der Waals surface area contributed by atoms with E-state index in [1.165, 1.54) is 18.5 Å². The van der Waals surface area contributed by atoms with Crippen LogP contribution in [0.15, 0.2) is 36.9 Å². The first kappa shape index (κ1) is 17.0. The third-order valence-electron chi connectivity index (χ3n) is 3.42. The Morgan fingerprint density at radius 3 is 2.28 bits per heavy atom. The van der Waals surface area contributed by atoms with Crippen LogP contribution < -0.4 is 21.8 Å². The van der Waals surface area contributed by atoms with Gasteiger partial charge in [0.25, 0.3) is 11.1 Å². The predicted octanol–water partition coefficient (Wildman–Crippen LogP) is 1.25. The quantitative estimate of drug-likeness (QED) is 0.714. The van der Waals surface area contributed by atoms with Gasteiger partial charge in [0, 0.05) is 11.5 Å². The Hall–Kier alpha value is -2.80. The summed E-state index contributed by atoms with van der Waals surface area (Å²) in [6.45, 7) is 5.89. The molecule has 0 aliphatic carbocycles. The maximum absolute atomic E-state index is 12.3. The molecule has 25 heavy (non-hydrogen) atoms. The van der Waals surface area contributed by atoms with Crippen LogP contribution in [-0.4, -0.2) is 15.0 Å². The largest absolute Gasteiger partial charge is 0.447 e. The Morgan fingerprint density at radius 1 is 1.08 bits per heavy atom. The van der Waals surface area contributed by atoms with E-state index >= 15 is 0 Å². The van der Waals surface area contributed by atoms with Crippen LogP contribution in [0.25, 0.3) is 12.2 Å². The van der Waals surface area contributed by atoms with Crippen molar-refractivity contribution in [3.63, 3.8) is 0 Å². The van der Waals surface area contributed by atoms with E-state index in [0.717, 1.165) is 0 Å². The number of nitrogens with zero attached hydrogens (tertiary/aromatic N) is 1. The van der Waals surface area contributed by atoms with Gasteiger partial charge in [0.1, 0.15) is 27.9 Å². The molecule has 3 heterocycles. The van der Waals surface area contributed by atoms with Gasteiger partial charge in [-0.15, -0.1) is 0 Å². The molecule has 0 saturated heterocycles. The minimum atomic E-state index is -0.473. The lowest BCUT2D eigenvalue weighted by Gasteiger charge is -2.14. The summed E-state index contributed by atoms with van der Waals surface area (Å²) in [6, 6.07) is 3.13. The molecule has 0 aromatic carbocycles. The Balaban J connectivity index is 2.14. The molecule has 3 rings (SSSR count). The van der Waals surface area contributed by atoms with Crippen molar-refractivity contribution < 1.29 is 8.83 Å². The van der Waals surface area contributed by atoms with Gasteiger partial charge in [0.05, 0.1) is 0 Å². The minimum Gasteiger partial charge on any atom is -0.447 e. The molecule has 0 unspecified atom stereocenters. The van der Waals surface area contributed by atoms with Gasteiger partial charge in [0.15, 0.2) is 11.6 Å². The summed E-state index contributed by atoms with van der Waals surface area (Å²) < 4.78 is 10.6. The van der Waals surface area contributed by atoms with E-state index in [2.05, 4.69) is 15.0 Å². The van der Waals surface area contributed by atoms with Crippen molar-refractivity contribution in [2.45, 2.75) is 26.2 Å². The smallest absolute Gasteiger partial charge is 0.272 e. The van der Waals surface area contributed by atoms with Gasteiger partial charge in [0.2, 0.25) is 0 Å². The zero-order valence-corrected chi connectivity index (χ0v) is 14.6. The molecule has 0 atom stereocenters. The molecule has 0 aliphatic heterocycles. The lowest BCUT2D eigenvalue weighted by Crippen LogP contribution is -2.46. The molecule has 0 spiro atoms. The van der Waals surface area contributed by atoms with Gasteiger partial charge >= 0.3 is 0 Å². The average molecular weight is 362 g/mol. The van der Waals surface area contributed by atoms with Gasteiger partial charge in [-0.1, -0.05) is 20.8 Å². The Morgan fingerprint density at radius 2 is 1.72 bits per heavy atom. The standard InChI is InChI=1S/C17H16ClN3O4/c1-17(2,3)14-10(19-8-24-14)7-12-16(23)20-11(15(22)21-12)6-9-4-5-13(18)25-9/h4-8H,1-3H3,(H,20,23)(H,21,22). The fourth-order valence-electron chi connectivity index (χ4n) is 2.30. The number of rotatable bonds is 2. The number of H-pyrrole nitrogens is 2. The van der Waals surface area contributed by atoms with Gasteiger partial charge in [-0.3, -0.25) is 9.59 Å². The highest BCUT2D eigenvalue weighted by atomic mass is 35.5. The van der Waals surface area contributed by atoms with Crippen LogP contribution in [0.5, 0.6) is 0 Å². The van der Waals surface area contributed by atoms with Crippen LogP contribution in [0.3, 0.4) is 0 Å². The molecule has 3 aromatic heterocycles. The summed E-state index contributed by atoms with van der Waals surface area (Å²) in [5, 5.41) is 0.333. The predicted molar refractivity (Wildman–Crippen MR) is 93.0 cm³/mol. The molecule has 0 amide bonds. The lowest BCUT2D eigenvalue weighted by molar-refractivity contribution is 0.407. The van der Waals surface area contributed by atoms with Crippen LogP contribution >= 0.6 is 11.6 Å². The maximum Gasteiger partial charge on any atom is 0.272 e. The molecular formula is C17H16ClN3O4. The number of aromatic amines is 2. The molecule has 0 aliphatic rings. The number of furan rings is 1. The Kier molecular flexibility index (Phi) is 4.26. The fourth-order valence-corrected chi connectivity index (χ4v) is 2.45. The zero-order valence-electron chi connectivity index (χ0n) is 13.8. The molecule has 130 valence electrons. The first-order valence-electron chi connectivity index (χ1n) is 7.49. The van der Waals surface area contributed by atoms with E-state index in [1.54, 1.807) is 12.1 Å². The van der Waals surface area contributed by atoms with Crippen molar-refractivity contribution in [1.82, 2.24) is 15.0 Å². The van der Waals surface area contributed by atoms with Crippen molar-refractivity contribution >= 4 is 23.8 Å². The van der Waals surface area contributed by atoms with Gasteiger partial charge < -0.3 is 18.8 Å². The molecule has 8 heteroatoms. The van der Waals surface area contributed by atoms with Crippen molar-refractivity contribution in [1.29, 1.82) is 0 Å². The van der Waals surface area contributed by atoms with Crippen LogP contribution in [-0.2, 0) is 5.41 Å². The lowest BCUT2D eigenvalue weighted by atomic mass is 9.92. The first-order valence-corrected chi connectivity index (χ1v) is 7.87. The summed E-state index contributed by atoms with van der Waals surface area (Å²) in [7, 11) is 0. The molecule has 7 nitrogen and oxygen atoms in total. The molecule has 0 saturated carbocycles. The third kappa shape index (κ3) is 3.66. The van der Waals surface area contributed by atoms with Crippen molar-refractivity contribution in [3.05, 3.63) is 72.4 Å². The summed E-state index contributed by atoms with van der Waals surface area (Å²) in [5.74, 6) is 0.975. The second-order valence-electron chi connectivity index (χ2n) is 6.48. The Bertz CT molecular complexity index is 1140. The summed E-state index contributed by atoms with van der Waals surface area (Å²) in [4.78, 5) is 33.7. The molecule has 0 bridgehead atoms. The monoisotopic (exact) mass is 361 g/mol. The number of nitrogens with one attached hydrogen (secondary N) is 2. The van der Waals surface area contributed by atoms with Crippen LogP contribution in [0, 0.1) is 0 Å². The third-order valence-corrected chi connectivity index (χ3v) is 3.63. The van der Waals surface area contributed by atoms with E-state index < -0.39 is 11.1 Å². The van der Waals surface area contributed by atoms with Crippen LogP contribution in [0.4, 0.5) is 0 Å².